The van der Waals surface area contributed by atoms with E-state index in [0.29, 0.717) is 17.3 Å². The molecule has 0 aliphatic heterocycles. The summed E-state index contributed by atoms with van der Waals surface area (Å²) in [5.41, 5.74) is 2.08. The molecule has 28 heavy (non-hydrogen) atoms. The molecule has 1 atom stereocenters. The molecular weight excluding hydrogens is 376 g/mol. The van der Waals surface area contributed by atoms with Gasteiger partial charge in [-0.05, 0) is 45.4 Å². The van der Waals surface area contributed by atoms with Crippen LogP contribution in [-0.4, -0.2) is 35.4 Å². The lowest BCUT2D eigenvalue weighted by atomic mass is 10.1. The van der Waals surface area contributed by atoms with Crippen LogP contribution in [0.3, 0.4) is 0 Å². The number of nitrogens with zero attached hydrogens (tertiary/aromatic N) is 1. The molecule has 1 N–H and O–H groups in total. The van der Waals surface area contributed by atoms with Crippen molar-refractivity contribution < 1.29 is 14.3 Å². The summed E-state index contributed by atoms with van der Waals surface area (Å²) < 4.78 is 5.59. The van der Waals surface area contributed by atoms with Crippen LogP contribution in [0.4, 0.5) is 0 Å². The van der Waals surface area contributed by atoms with Crippen molar-refractivity contribution in [3.63, 3.8) is 0 Å². The van der Waals surface area contributed by atoms with Crippen LogP contribution in [0.1, 0.15) is 31.9 Å². The van der Waals surface area contributed by atoms with Crippen molar-refractivity contribution in [1.82, 2.24) is 10.2 Å². The van der Waals surface area contributed by atoms with Gasteiger partial charge < -0.3 is 15.0 Å². The second kappa shape index (κ2) is 10.1. The molecule has 2 aromatic carbocycles. The Morgan fingerprint density at radius 3 is 2.32 bits per heavy atom. The van der Waals surface area contributed by atoms with E-state index in [1.165, 1.54) is 4.90 Å². The van der Waals surface area contributed by atoms with Crippen LogP contribution in [0.25, 0.3) is 0 Å². The van der Waals surface area contributed by atoms with Crippen molar-refractivity contribution in [1.29, 1.82) is 0 Å². The molecule has 150 valence electrons. The highest BCUT2D eigenvalue weighted by Crippen LogP contribution is 2.23. The van der Waals surface area contributed by atoms with E-state index in [1.807, 2.05) is 45.0 Å². The van der Waals surface area contributed by atoms with Gasteiger partial charge in [-0.1, -0.05) is 53.6 Å². The first-order valence-electron chi connectivity index (χ1n) is 9.30. The van der Waals surface area contributed by atoms with E-state index in [0.717, 1.165) is 11.1 Å². The fourth-order valence-electron chi connectivity index (χ4n) is 2.66. The molecule has 0 fully saturated rings. The van der Waals surface area contributed by atoms with Crippen LogP contribution in [-0.2, 0) is 16.1 Å². The topological polar surface area (TPSA) is 58.6 Å². The molecular formula is C22H27ClN2O3. The third kappa shape index (κ3) is 6.27. The van der Waals surface area contributed by atoms with E-state index in [4.69, 9.17) is 16.3 Å². The minimum atomic E-state index is -0.633. The Labute approximate surface area is 171 Å². The van der Waals surface area contributed by atoms with E-state index >= 15 is 0 Å². The van der Waals surface area contributed by atoms with Gasteiger partial charge in [-0.2, -0.15) is 0 Å². The molecule has 0 saturated heterocycles. The third-order valence-electron chi connectivity index (χ3n) is 4.26. The number of ether oxygens (including phenoxy) is 1. The number of carbonyl (C=O) groups excluding carboxylic acids is 2. The molecule has 0 radical (unpaired) electrons. The van der Waals surface area contributed by atoms with Gasteiger partial charge in [-0.15, -0.1) is 0 Å². The highest BCUT2D eigenvalue weighted by Gasteiger charge is 2.27. The maximum absolute atomic E-state index is 12.9. The smallest absolute Gasteiger partial charge is 0.261 e. The molecule has 0 aromatic heterocycles. The average Bonchev–Trinajstić information content (AvgIpc) is 2.65. The number of carbonyl (C=O) groups is 2. The van der Waals surface area contributed by atoms with Gasteiger partial charge in [0, 0.05) is 12.6 Å². The number of nitrogens with one attached hydrogen (secondary N) is 1. The maximum atomic E-state index is 12.9. The normalized spacial score (nSPS) is 11.8. The summed E-state index contributed by atoms with van der Waals surface area (Å²) in [6.45, 7) is 7.61. The monoisotopic (exact) mass is 402 g/mol. The molecule has 2 rings (SSSR count). The van der Waals surface area contributed by atoms with Crippen molar-refractivity contribution in [3.05, 3.63) is 64.7 Å². The van der Waals surface area contributed by atoms with Gasteiger partial charge in [0.2, 0.25) is 5.91 Å². The van der Waals surface area contributed by atoms with Crippen LogP contribution in [0.15, 0.2) is 48.5 Å². The lowest BCUT2D eigenvalue weighted by Crippen LogP contribution is -2.50. The second-order valence-corrected chi connectivity index (χ2v) is 7.47. The standard InChI is InChI=1S/C22H27ClN2O3/c1-15(2)24-22(27)17(4)25(13-18-11-9-16(3)10-12-18)21(26)14-28-20-8-6-5-7-19(20)23/h5-12,15,17H,13-14H2,1-4H3,(H,24,27)/t17-/m1/s1. The Balaban J connectivity index is 2.15. The molecule has 0 heterocycles. The summed E-state index contributed by atoms with van der Waals surface area (Å²) >= 11 is 6.09. The lowest BCUT2D eigenvalue weighted by molar-refractivity contribution is -0.142. The number of benzene rings is 2. The molecule has 5 nitrogen and oxygen atoms in total. The molecule has 0 aliphatic carbocycles. The molecule has 0 spiro atoms. The second-order valence-electron chi connectivity index (χ2n) is 7.07. The maximum Gasteiger partial charge on any atom is 0.261 e. The first kappa shape index (κ1) is 21.8. The number of halogens is 1. The molecule has 6 heteroatoms. The van der Waals surface area contributed by atoms with E-state index in [-0.39, 0.29) is 24.5 Å². The van der Waals surface area contributed by atoms with Gasteiger partial charge in [-0.25, -0.2) is 0 Å². The number of hydrogen-bond donors (Lipinski definition) is 1. The molecule has 0 bridgehead atoms. The summed E-state index contributed by atoms with van der Waals surface area (Å²) in [6, 6.07) is 14.2. The Morgan fingerprint density at radius 2 is 1.71 bits per heavy atom. The van der Waals surface area contributed by atoms with Crippen LogP contribution in [0.2, 0.25) is 5.02 Å². The Hall–Kier alpha value is -2.53. The van der Waals surface area contributed by atoms with Gasteiger partial charge in [0.15, 0.2) is 6.61 Å². The summed E-state index contributed by atoms with van der Waals surface area (Å²) in [5, 5.41) is 3.30. The zero-order chi connectivity index (χ0) is 20.7. The molecule has 2 amide bonds. The van der Waals surface area contributed by atoms with E-state index in [9.17, 15) is 9.59 Å². The average molecular weight is 403 g/mol. The van der Waals surface area contributed by atoms with Gasteiger partial charge >= 0.3 is 0 Å². The minimum Gasteiger partial charge on any atom is -0.482 e. The van der Waals surface area contributed by atoms with Gasteiger partial charge in [0.25, 0.3) is 5.91 Å². The lowest BCUT2D eigenvalue weighted by Gasteiger charge is -2.29. The quantitative estimate of drug-likeness (QED) is 0.726. The van der Waals surface area contributed by atoms with Gasteiger partial charge in [0.1, 0.15) is 11.8 Å². The highest BCUT2D eigenvalue weighted by atomic mass is 35.5. The van der Waals surface area contributed by atoms with E-state index in [2.05, 4.69) is 5.32 Å². The number of aryl methyl sites for hydroxylation is 1. The SMILES string of the molecule is Cc1ccc(CN(C(=O)COc2ccccc2Cl)[C@H](C)C(=O)NC(C)C)cc1. The van der Waals surface area contributed by atoms with Crippen LogP contribution < -0.4 is 10.1 Å². The van der Waals surface area contributed by atoms with Gasteiger partial charge in [0.05, 0.1) is 5.02 Å². The number of para-hydroxylation sites is 1. The van der Waals surface area contributed by atoms with Crippen LogP contribution in [0.5, 0.6) is 5.75 Å². The number of amides is 2. The van der Waals surface area contributed by atoms with Crippen LogP contribution in [0, 0.1) is 6.92 Å². The van der Waals surface area contributed by atoms with Crippen LogP contribution >= 0.6 is 11.6 Å². The van der Waals surface area contributed by atoms with Gasteiger partial charge in [-0.3, -0.25) is 9.59 Å². The Kier molecular flexibility index (Phi) is 7.88. The Morgan fingerprint density at radius 1 is 1.07 bits per heavy atom. The summed E-state index contributed by atoms with van der Waals surface area (Å²) in [4.78, 5) is 26.9. The van der Waals surface area contributed by atoms with Crippen molar-refractivity contribution in [2.45, 2.75) is 46.3 Å². The predicted octanol–water partition coefficient (Wildman–Crippen LogP) is 3.97. The van der Waals surface area contributed by atoms with Crippen molar-refractivity contribution >= 4 is 23.4 Å². The van der Waals surface area contributed by atoms with Crippen molar-refractivity contribution in [3.8, 4) is 5.75 Å². The summed E-state index contributed by atoms with van der Waals surface area (Å²) in [5.74, 6) is -0.0489. The largest absolute Gasteiger partial charge is 0.482 e. The number of hydrogen-bond acceptors (Lipinski definition) is 3. The summed E-state index contributed by atoms with van der Waals surface area (Å²) in [7, 11) is 0. The molecule has 0 unspecified atom stereocenters. The first-order valence-corrected chi connectivity index (χ1v) is 9.68. The van der Waals surface area contributed by atoms with E-state index < -0.39 is 6.04 Å². The third-order valence-corrected chi connectivity index (χ3v) is 4.57. The first-order chi connectivity index (χ1) is 13.3. The molecule has 0 saturated carbocycles. The number of rotatable bonds is 8. The molecule has 0 aliphatic rings. The zero-order valence-electron chi connectivity index (χ0n) is 16.7. The van der Waals surface area contributed by atoms with Crippen molar-refractivity contribution in [2.75, 3.05) is 6.61 Å². The minimum absolute atomic E-state index is 0.00866. The molecule has 2 aromatic rings. The predicted molar refractivity (Wildman–Crippen MR) is 111 cm³/mol. The van der Waals surface area contributed by atoms with Crippen molar-refractivity contribution in [2.24, 2.45) is 0 Å². The fourth-order valence-corrected chi connectivity index (χ4v) is 2.85. The Bertz CT molecular complexity index is 806. The zero-order valence-corrected chi connectivity index (χ0v) is 17.5. The fraction of sp³-hybridized carbons (Fsp3) is 0.364. The van der Waals surface area contributed by atoms with E-state index in [1.54, 1.807) is 31.2 Å². The highest BCUT2D eigenvalue weighted by molar-refractivity contribution is 6.32. The summed E-state index contributed by atoms with van der Waals surface area (Å²) in [6.07, 6.45) is 0.